The molecule has 122 valence electrons. The van der Waals surface area contributed by atoms with E-state index in [0.29, 0.717) is 17.3 Å². The van der Waals surface area contributed by atoms with Gasteiger partial charge in [0.05, 0.1) is 0 Å². The molecule has 6 heteroatoms. The van der Waals surface area contributed by atoms with E-state index < -0.39 is 6.10 Å². The average molecular weight is 370 g/mol. The van der Waals surface area contributed by atoms with Gasteiger partial charge in [-0.15, -0.1) is 11.8 Å². The maximum atomic E-state index is 12.0. The molecule has 1 N–H and O–H groups in total. The van der Waals surface area contributed by atoms with Crippen LogP contribution >= 0.6 is 35.0 Å². The standard InChI is InChI=1S/C17H17Cl2NO2S/c1-12(22-15-6-2-13(18)3-7-15)17(21)20-10-11-23-16-8-4-14(19)5-9-16/h2-9,12H,10-11H2,1H3,(H,20,21)/t12-/m1/s1. The molecule has 3 nitrogen and oxygen atoms in total. The van der Waals surface area contributed by atoms with E-state index in [1.54, 1.807) is 43.0 Å². The van der Waals surface area contributed by atoms with Gasteiger partial charge in [0.2, 0.25) is 0 Å². The summed E-state index contributed by atoms with van der Waals surface area (Å²) in [5.41, 5.74) is 0. The summed E-state index contributed by atoms with van der Waals surface area (Å²) in [5.74, 6) is 1.25. The predicted molar refractivity (Wildman–Crippen MR) is 96.7 cm³/mol. The molecule has 0 aliphatic rings. The number of rotatable bonds is 7. The smallest absolute Gasteiger partial charge is 0.260 e. The average Bonchev–Trinajstić information content (AvgIpc) is 2.55. The first-order valence-corrected chi connectivity index (χ1v) is 8.87. The van der Waals surface area contributed by atoms with Crippen molar-refractivity contribution in [3.8, 4) is 5.75 Å². The summed E-state index contributed by atoms with van der Waals surface area (Å²) in [6.07, 6.45) is -0.559. The van der Waals surface area contributed by atoms with Gasteiger partial charge in [0.15, 0.2) is 6.10 Å². The number of amides is 1. The zero-order chi connectivity index (χ0) is 16.7. The van der Waals surface area contributed by atoms with E-state index in [0.717, 1.165) is 15.7 Å². The van der Waals surface area contributed by atoms with Crippen LogP contribution in [0, 0.1) is 0 Å². The normalized spacial score (nSPS) is 11.8. The Kier molecular flexibility index (Phi) is 7.09. The lowest BCUT2D eigenvalue weighted by Crippen LogP contribution is -2.37. The van der Waals surface area contributed by atoms with E-state index >= 15 is 0 Å². The summed E-state index contributed by atoms with van der Waals surface area (Å²) in [4.78, 5) is 13.1. The lowest BCUT2D eigenvalue weighted by Gasteiger charge is -2.14. The van der Waals surface area contributed by atoms with Crippen LogP contribution in [0.4, 0.5) is 0 Å². The number of halogens is 2. The molecule has 0 aromatic heterocycles. The third-order valence-electron chi connectivity index (χ3n) is 2.98. The van der Waals surface area contributed by atoms with Crippen LogP contribution in [0.25, 0.3) is 0 Å². The number of hydrogen-bond acceptors (Lipinski definition) is 3. The van der Waals surface area contributed by atoms with Crippen LogP contribution in [0.15, 0.2) is 53.4 Å². The van der Waals surface area contributed by atoms with Gasteiger partial charge in [0.1, 0.15) is 5.75 Å². The molecule has 0 fully saturated rings. The van der Waals surface area contributed by atoms with Crippen molar-refractivity contribution in [1.82, 2.24) is 5.32 Å². The van der Waals surface area contributed by atoms with E-state index in [-0.39, 0.29) is 5.91 Å². The number of carbonyl (C=O) groups is 1. The summed E-state index contributed by atoms with van der Waals surface area (Å²) in [6.45, 7) is 2.29. The molecule has 0 radical (unpaired) electrons. The lowest BCUT2D eigenvalue weighted by molar-refractivity contribution is -0.127. The molecule has 0 bridgehead atoms. The van der Waals surface area contributed by atoms with Crippen molar-refractivity contribution in [2.45, 2.75) is 17.9 Å². The molecule has 0 spiro atoms. The van der Waals surface area contributed by atoms with Crippen molar-refractivity contribution in [1.29, 1.82) is 0 Å². The maximum Gasteiger partial charge on any atom is 0.260 e. The van der Waals surface area contributed by atoms with E-state index in [4.69, 9.17) is 27.9 Å². The van der Waals surface area contributed by atoms with Crippen LogP contribution < -0.4 is 10.1 Å². The SMILES string of the molecule is C[C@@H](Oc1ccc(Cl)cc1)C(=O)NCCSc1ccc(Cl)cc1. The van der Waals surface area contributed by atoms with E-state index in [2.05, 4.69) is 5.32 Å². The highest BCUT2D eigenvalue weighted by Crippen LogP contribution is 2.20. The molecule has 0 saturated carbocycles. The highest BCUT2D eigenvalue weighted by molar-refractivity contribution is 7.99. The van der Waals surface area contributed by atoms with E-state index in [1.165, 1.54) is 0 Å². The highest BCUT2D eigenvalue weighted by Gasteiger charge is 2.13. The van der Waals surface area contributed by atoms with Crippen molar-refractivity contribution in [2.24, 2.45) is 0 Å². The number of hydrogen-bond donors (Lipinski definition) is 1. The Morgan fingerprint density at radius 2 is 1.65 bits per heavy atom. The second-order valence-electron chi connectivity index (χ2n) is 4.81. The van der Waals surface area contributed by atoms with Crippen molar-refractivity contribution < 1.29 is 9.53 Å². The minimum Gasteiger partial charge on any atom is -0.481 e. The fourth-order valence-electron chi connectivity index (χ4n) is 1.79. The molecule has 2 aromatic rings. The summed E-state index contributed by atoms with van der Waals surface area (Å²) in [7, 11) is 0. The Morgan fingerprint density at radius 3 is 2.26 bits per heavy atom. The van der Waals surface area contributed by atoms with Crippen LogP contribution in [0.1, 0.15) is 6.92 Å². The van der Waals surface area contributed by atoms with Crippen LogP contribution in [-0.4, -0.2) is 24.3 Å². The zero-order valence-corrected chi connectivity index (χ0v) is 14.9. The van der Waals surface area contributed by atoms with Crippen molar-refractivity contribution in [3.05, 3.63) is 58.6 Å². The molecule has 0 aliphatic heterocycles. The number of carbonyl (C=O) groups excluding carboxylic acids is 1. The van der Waals surface area contributed by atoms with Gasteiger partial charge in [-0.05, 0) is 55.5 Å². The fraction of sp³-hybridized carbons (Fsp3) is 0.235. The van der Waals surface area contributed by atoms with Gasteiger partial charge in [-0.3, -0.25) is 4.79 Å². The van der Waals surface area contributed by atoms with Gasteiger partial charge in [0.25, 0.3) is 5.91 Å². The third kappa shape index (κ3) is 6.34. The highest BCUT2D eigenvalue weighted by atomic mass is 35.5. The summed E-state index contributed by atoms with van der Waals surface area (Å²) in [5, 5.41) is 4.21. The number of ether oxygens (including phenoxy) is 1. The molecule has 2 aromatic carbocycles. The summed E-state index contributed by atoms with van der Waals surface area (Å²) in [6, 6.07) is 14.6. The minimum absolute atomic E-state index is 0.142. The lowest BCUT2D eigenvalue weighted by atomic mass is 10.3. The molecule has 0 heterocycles. The van der Waals surface area contributed by atoms with Crippen molar-refractivity contribution >= 4 is 40.9 Å². The first-order valence-electron chi connectivity index (χ1n) is 7.13. The van der Waals surface area contributed by atoms with Gasteiger partial charge in [-0.2, -0.15) is 0 Å². The van der Waals surface area contributed by atoms with Gasteiger partial charge in [-0.1, -0.05) is 23.2 Å². The first kappa shape index (κ1) is 18.0. The number of nitrogens with one attached hydrogen (secondary N) is 1. The Bertz CT molecular complexity index is 632. The van der Waals surface area contributed by atoms with Crippen LogP contribution in [0.3, 0.4) is 0 Å². The van der Waals surface area contributed by atoms with Gasteiger partial charge in [-0.25, -0.2) is 0 Å². The minimum atomic E-state index is -0.559. The van der Waals surface area contributed by atoms with Crippen LogP contribution in [-0.2, 0) is 4.79 Å². The molecule has 1 atom stereocenters. The van der Waals surface area contributed by atoms with Gasteiger partial charge in [0, 0.05) is 27.2 Å². The van der Waals surface area contributed by atoms with Gasteiger partial charge < -0.3 is 10.1 Å². The Labute approximate surface area is 150 Å². The van der Waals surface area contributed by atoms with Crippen molar-refractivity contribution in [2.75, 3.05) is 12.3 Å². The zero-order valence-electron chi connectivity index (χ0n) is 12.6. The summed E-state index contributed by atoms with van der Waals surface area (Å²) >= 11 is 13.3. The number of thioether (sulfide) groups is 1. The molecular weight excluding hydrogens is 353 g/mol. The Balaban J connectivity index is 1.69. The maximum absolute atomic E-state index is 12.0. The van der Waals surface area contributed by atoms with Crippen molar-refractivity contribution in [3.63, 3.8) is 0 Å². The third-order valence-corrected chi connectivity index (χ3v) is 4.50. The summed E-state index contributed by atoms with van der Waals surface area (Å²) < 4.78 is 5.57. The van der Waals surface area contributed by atoms with Crippen LogP contribution in [0.2, 0.25) is 10.0 Å². The first-order chi connectivity index (χ1) is 11.0. The predicted octanol–water partition coefficient (Wildman–Crippen LogP) is 4.67. The topological polar surface area (TPSA) is 38.3 Å². The molecule has 1 amide bonds. The molecular formula is C17H17Cl2NO2S. The second-order valence-corrected chi connectivity index (χ2v) is 6.85. The molecule has 0 unspecified atom stereocenters. The fourth-order valence-corrected chi connectivity index (χ4v) is 2.81. The van der Waals surface area contributed by atoms with Gasteiger partial charge >= 0.3 is 0 Å². The second kappa shape index (κ2) is 9.06. The molecule has 0 saturated heterocycles. The van der Waals surface area contributed by atoms with E-state index in [9.17, 15) is 4.79 Å². The molecule has 2 rings (SSSR count). The molecule has 23 heavy (non-hydrogen) atoms. The Hall–Kier alpha value is -1.36. The van der Waals surface area contributed by atoms with Crippen LogP contribution in [0.5, 0.6) is 5.75 Å². The van der Waals surface area contributed by atoms with E-state index in [1.807, 2.05) is 24.3 Å². The molecule has 0 aliphatic carbocycles. The Morgan fingerprint density at radius 1 is 1.09 bits per heavy atom. The monoisotopic (exact) mass is 369 g/mol. The number of benzene rings is 2. The largest absolute Gasteiger partial charge is 0.481 e. The quantitative estimate of drug-likeness (QED) is 0.569.